The second-order valence-corrected chi connectivity index (χ2v) is 6.32. The van der Waals surface area contributed by atoms with Crippen LogP contribution in [0.4, 0.5) is 17.3 Å². The minimum atomic E-state index is 0.747. The summed E-state index contributed by atoms with van der Waals surface area (Å²) < 4.78 is 1.06. The van der Waals surface area contributed by atoms with E-state index in [-0.39, 0.29) is 0 Å². The Morgan fingerprint density at radius 2 is 1.77 bits per heavy atom. The third-order valence-electron chi connectivity index (χ3n) is 3.04. The molecule has 0 aliphatic carbocycles. The highest BCUT2D eigenvalue weighted by atomic mass is 79.9. The summed E-state index contributed by atoms with van der Waals surface area (Å²) in [6.07, 6.45) is 1.07. The first-order chi connectivity index (χ1) is 10.5. The molecule has 22 heavy (non-hydrogen) atoms. The Balaban J connectivity index is 1.98. The highest BCUT2D eigenvalue weighted by Gasteiger charge is 2.02. The summed E-state index contributed by atoms with van der Waals surface area (Å²) in [5.74, 6) is 2.40. The van der Waals surface area contributed by atoms with E-state index in [0.29, 0.717) is 0 Å². The van der Waals surface area contributed by atoms with Crippen molar-refractivity contribution in [1.82, 2.24) is 14.9 Å². The number of halogens is 1. The van der Waals surface area contributed by atoms with E-state index in [1.165, 1.54) is 0 Å². The van der Waals surface area contributed by atoms with E-state index in [9.17, 15) is 0 Å². The normalized spacial score (nSPS) is 10.8. The van der Waals surface area contributed by atoms with Crippen LogP contribution in [0.25, 0.3) is 0 Å². The predicted molar refractivity (Wildman–Crippen MR) is 95.9 cm³/mol. The van der Waals surface area contributed by atoms with E-state index >= 15 is 0 Å². The molecule has 0 fully saturated rings. The molecule has 0 radical (unpaired) electrons. The van der Waals surface area contributed by atoms with Crippen LogP contribution in [0, 0.1) is 6.92 Å². The lowest BCUT2D eigenvalue weighted by molar-refractivity contribution is 0.405. The van der Waals surface area contributed by atoms with Gasteiger partial charge in [-0.15, -0.1) is 0 Å². The zero-order valence-corrected chi connectivity index (χ0v) is 14.8. The first kappa shape index (κ1) is 16.7. The maximum Gasteiger partial charge on any atom is 0.136 e. The summed E-state index contributed by atoms with van der Waals surface area (Å²) in [4.78, 5) is 11.0. The molecule has 0 aliphatic heterocycles. The molecule has 2 rings (SSSR count). The van der Waals surface area contributed by atoms with E-state index in [0.717, 1.165) is 47.1 Å². The van der Waals surface area contributed by atoms with Gasteiger partial charge in [0.05, 0.1) is 0 Å². The fraction of sp³-hybridized carbons (Fsp3) is 0.375. The van der Waals surface area contributed by atoms with Gasteiger partial charge in [0.15, 0.2) is 0 Å². The Hall–Kier alpha value is -1.66. The van der Waals surface area contributed by atoms with Gasteiger partial charge in [0, 0.05) is 22.8 Å². The predicted octanol–water partition coefficient (Wildman–Crippen LogP) is 3.65. The number of hydrogen-bond donors (Lipinski definition) is 2. The molecular formula is C16H22BrN5. The van der Waals surface area contributed by atoms with Crippen LogP contribution in [0.3, 0.4) is 0 Å². The van der Waals surface area contributed by atoms with Gasteiger partial charge in [-0.1, -0.05) is 15.9 Å². The van der Waals surface area contributed by atoms with E-state index < -0.39 is 0 Å². The van der Waals surface area contributed by atoms with Crippen LogP contribution < -0.4 is 10.6 Å². The van der Waals surface area contributed by atoms with Crippen molar-refractivity contribution in [2.45, 2.75) is 13.3 Å². The van der Waals surface area contributed by atoms with Gasteiger partial charge in [0.25, 0.3) is 0 Å². The topological polar surface area (TPSA) is 53.1 Å². The van der Waals surface area contributed by atoms with Crippen molar-refractivity contribution in [3.05, 3.63) is 40.6 Å². The molecule has 0 saturated heterocycles. The molecule has 118 valence electrons. The lowest BCUT2D eigenvalue weighted by atomic mass is 10.3. The van der Waals surface area contributed by atoms with E-state index in [2.05, 4.69) is 55.5 Å². The fourth-order valence-electron chi connectivity index (χ4n) is 2.02. The Bertz CT molecular complexity index is 598. The smallest absolute Gasteiger partial charge is 0.136 e. The average molecular weight is 364 g/mol. The standard InChI is InChI=1S/C16H22BrN5/c1-12-19-15(18-9-4-10-22(2)3)11-16(20-12)21-14-7-5-13(17)6-8-14/h5-8,11H,4,9-10H2,1-3H3,(H2,18,19,20,21). The minimum absolute atomic E-state index is 0.747. The molecule has 0 bridgehead atoms. The molecule has 1 aromatic heterocycles. The van der Waals surface area contributed by atoms with Gasteiger partial charge >= 0.3 is 0 Å². The van der Waals surface area contributed by atoms with Crippen LogP contribution in [0.5, 0.6) is 0 Å². The number of nitrogens with zero attached hydrogens (tertiary/aromatic N) is 3. The van der Waals surface area contributed by atoms with Crippen molar-refractivity contribution in [1.29, 1.82) is 0 Å². The first-order valence-electron chi connectivity index (χ1n) is 7.30. The summed E-state index contributed by atoms with van der Waals surface area (Å²) in [5.41, 5.74) is 1.000. The maximum atomic E-state index is 4.43. The number of rotatable bonds is 7. The molecule has 1 aromatic carbocycles. The number of aryl methyl sites for hydroxylation is 1. The minimum Gasteiger partial charge on any atom is -0.370 e. The zero-order valence-electron chi connectivity index (χ0n) is 13.2. The quantitative estimate of drug-likeness (QED) is 0.735. The van der Waals surface area contributed by atoms with Crippen LogP contribution in [0.1, 0.15) is 12.2 Å². The van der Waals surface area contributed by atoms with Crippen molar-refractivity contribution >= 4 is 33.3 Å². The van der Waals surface area contributed by atoms with Crippen molar-refractivity contribution in [2.24, 2.45) is 0 Å². The van der Waals surface area contributed by atoms with Gasteiger partial charge in [-0.05, 0) is 58.3 Å². The summed E-state index contributed by atoms with van der Waals surface area (Å²) in [7, 11) is 4.16. The number of benzene rings is 1. The summed E-state index contributed by atoms with van der Waals surface area (Å²) in [6.45, 7) is 3.85. The summed E-state index contributed by atoms with van der Waals surface area (Å²) >= 11 is 3.43. The first-order valence-corrected chi connectivity index (χ1v) is 8.09. The molecule has 0 saturated carbocycles. The van der Waals surface area contributed by atoms with Crippen LogP contribution in [-0.2, 0) is 0 Å². The number of nitrogens with one attached hydrogen (secondary N) is 2. The largest absolute Gasteiger partial charge is 0.370 e. The summed E-state index contributed by atoms with van der Waals surface area (Å²) in [6, 6.07) is 9.94. The Morgan fingerprint density at radius 3 is 2.45 bits per heavy atom. The van der Waals surface area contributed by atoms with E-state index in [1.54, 1.807) is 0 Å². The molecular weight excluding hydrogens is 342 g/mol. The molecule has 6 heteroatoms. The monoisotopic (exact) mass is 363 g/mol. The van der Waals surface area contributed by atoms with Crippen LogP contribution in [0.15, 0.2) is 34.8 Å². The van der Waals surface area contributed by atoms with E-state index in [4.69, 9.17) is 0 Å². The lowest BCUT2D eigenvalue weighted by Crippen LogP contribution is -2.16. The van der Waals surface area contributed by atoms with E-state index in [1.807, 2.05) is 37.3 Å². The summed E-state index contributed by atoms with van der Waals surface area (Å²) in [5, 5.41) is 6.65. The fourth-order valence-corrected chi connectivity index (χ4v) is 2.28. The number of aromatic nitrogens is 2. The molecule has 0 atom stereocenters. The average Bonchev–Trinajstić information content (AvgIpc) is 2.45. The molecule has 0 amide bonds. The zero-order chi connectivity index (χ0) is 15.9. The number of anilines is 3. The second-order valence-electron chi connectivity index (χ2n) is 5.40. The van der Waals surface area contributed by atoms with Gasteiger partial charge in [-0.2, -0.15) is 0 Å². The Kier molecular flexibility index (Phi) is 6.15. The maximum absolute atomic E-state index is 4.43. The van der Waals surface area contributed by atoms with Gasteiger partial charge < -0.3 is 15.5 Å². The van der Waals surface area contributed by atoms with Gasteiger partial charge in [-0.3, -0.25) is 0 Å². The van der Waals surface area contributed by atoms with Crippen molar-refractivity contribution in [2.75, 3.05) is 37.8 Å². The Morgan fingerprint density at radius 1 is 1.09 bits per heavy atom. The van der Waals surface area contributed by atoms with Crippen molar-refractivity contribution in [3.8, 4) is 0 Å². The van der Waals surface area contributed by atoms with Gasteiger partial charge in [0.2, 0.25) is 0 Å². The van der Waals surface area contributed by atoms with Gasteiger partial charge in [0.1, 0.15) is 17.5 Å². The molecule has 0 unspecified atom stereocenters. The Labute approximate surface area is 140 Å². The lowest BCUT2D eigenvalue weighted by Gasteiger charge is -2.12. The highest BCUT2D eigenvalue weighted by Crippen LogP contribution is 2.19. The third kappa shape index (κ3) is 5.61. The molecule has 5 nitrogen and oxygen atoms in total. The third-order valence-corrected chi connectivity index (χ3v) is 3.57. The van der Waals surface area contributed by atoms with Crippen LogP contribution >= 0.6 is 15.9 Å². The SMILES string of the molecule is Cc1nc(NCCCN(C)C)cc(Nc2ccc(Br)cc2)n1. The molecule has 1 heterocycles. The van der Waals surface area contributed by atoms with Crippen LogP contribution in [0.2, 0.25) is 0 Å². The van der Waals surface area contributed by atoms with Crippen molar-refractivity contribution < 1.29 is 0 Å². The van der Waals surface area contributed by atoms with Gasteiger partial charge in [-0.25, -0.2) is 9.97 Å². The molecule has 0 spiro atoms. The number of hydrogen-bond acceptors (Lipinski definition) is 5. The second kappa shape index (κ2) is 8.10. The molecule has 2 N–H and O–H groups in total. The molecule has 2 aromatic rings. The molecule has 0 aliphatic rings. The highest BCUT2D eigenvalue weighted by molar-refractivity contribution is 9.10. The van der Waals surface area contributed by atoms with Crippen LogP contribution in [-0.4, -0.2) is 42.1 Å². The van der Waals surface area contributed by atoms with Crippen molar-refractivity contribution in [3.63, 3.8) is 0 Å².